The number of anilines is 1. The molecule has 1 fully saturated rings. The molecule has 0 saturated carbocycles. The summed E-state index contributed by atoms with van der Waals surface area (Å²) in [5, 5.41) is 7.91. The van der Waals surface area contributed by atoms with Gasteiger partial charge in [-0.1, -0.05) is 94.5 Å². The van der Waals surface area contributed by atoms with E-state index in [0.29, 0.717) is 12.5 Å². The van der Waals surface area contributed by atoms with E-state index in [1.165, 1.54) is 55.9 Å². The van der Waals surface area contributed by atoms with E-state index in [-0.39, 0.29) is 18.0 Å². The maximum absolute atomic E-state index is 11.1. The van der Waals surface area contributed by atoms with E-state index in [1.807, 2.05) is 36.4 Å². The molecule has 0 bridgehead atoms. The predicted molar refractivity (Wildman–Crippen MR) is 241 cm³/mol. The molecule has 1 saturated heterocycles. The summed E-state index contributed by atoms with van der Waals surface area (Å²) in [5.41, 5.74) is 15.0. The van der Waals surface area contributed by atoms with Gasteiger partial charge in [0.1, 0.15) is 11.7 Å². The lowest BCUT2D eigenvalue weighted by molar-refractivity contribution is -0.119. The van der Waals surface area contributed by atoms with E-state index in [4.69, 9.17) is 33.2 Å². The standard InChI is InChI=1S/C18H18BrClN2.C18H17ClN2.C12H15NO/c1-11-3-4-12(2)14(9-11)16-7-8-18(21-16)22-17-6-5-13(20)10-15(17)19;1-11-3-4-12(2)14(9-11)16-7-8-18-20-15-6-5-13(19)10-17(15)21(16)18;1-8-3-4-9(2)10(7-8)11-5-6-12(14)13-11/h3-6,9-10,16H,7-8H2,1-2H3,(H,21,22);3-6,9-10,16H,7-8H2,1-2H3;3-4,7,11H,5-6H2,1-2H3,(H,13,14). The van der Waals surface area contributed by atoms with Crippen LogP contribution in [0.25, 0.3) is 11.0 Å². The minimum Gasteiger partial charge on any atom is -0.349 e. The summed E-state index contributed by atoms with van der Waals surface area (Å²) >= 11 is 15.7. The topological polar surface area (TPSA) is 71.3 Å². The number of hydrogen-bond acceptors (Lipinski definition) is 4. The Kier molecular flexibility index (Phi) is 12.6. The molecule has 0 aliphatic carbocycles. The number of benzene rings is 5. The lowest BCUT2D eigenvalue weighted by Gasteiger charge is -2.18. The Morgan fingerprint density at radius 1 is 0.684 bits per heavy atom. The van der Waals surface area contributed by atoms with Crippen molar-refractivity contribution in [1.29, 1.82) is 0 Å². The van der Waals surface area contributed by atoms with E-state index in [1.54, 1.807) is 0 Å². The molecule has 9 rings (SSSR count). The lowest BCUT2D eigenvalue weighted by Crippen LogP contribution is -2.19. The van der Waals surface area contributed by atoms with Gasteiger partial charge < -0.3 is 15.2 Å². The van der Waals surface area contributed by atoms with Crippen LogP contribution in [0.15, 0.2) is 100 Å². The number of amides is 1. The second-order valence-electron chi connectivity index (χ2n) is 15.7. The van der Waals surface area contributed by atoms with Crippen LogP contribution < -0.4 is 10.6 Å². The number of halogens is 3. The number of nitrogens with one attached hydrogen (secondary N) is 2. The van der Waals surface area contributed by atoms with Gasteiger partial charge in [0.25, 0.3) is 0 Å². The summed E-state index contributed by atoms with van der Waals surface area (Å²) < 4.78 is 3.33. The Bertz CT molecular complexity index is 2490. The zero-order chi connectivity index (χ0) is 40.4. The molecule has 5 aromatic carbocycles. The Hall–Kier alpha value is -4.43. The summed E-state index contributed by atoms with van der Waals surface area (Å²) in [6, 6.07) is 32.3. The van der Waals surface area contributed by atoms with Crippen molar-refractivity contribution in [2.75, 3.05) is 5.32 Å². The van der Waals surface area contributed by atoms with Crippen LogP contribution in [0, 0.1) is 41.5 Å². The van der Waals surface area contributed by atoms with Crippen LogP contribution in [-0.4, -0.2) is 21.3 Å². The Balaban J connectivity index is 0.000000134. The summed E-state index contributed by atoms with van der Waals surface area (Å²) in [5.74, 6) is 2.39. The van der Waals surface area contributed by atoms with Crippen molar-refractivity contribution in [2.45, 2.75) is 98.2 Å². The third-order valence-electron chi connectivity index (χ3n) is 11.2. The average molecular weight is 864 g/mol. The average Bonchev–Trinajstić information content (AvgIpc) is 3.99. The van der Waals surface area contributed by atoms with E-state index < -0.39 is 0 Å². The fourth-order valence-electron chi connectivity index (χ4n) is 8.21. The molecule has 4 heterocycles. The van der Waals surface area contributed by atoms with Gasteiger partial charge in [-0.15, -0.1) is 0 Å². The number of fused-ring (bicyclic) bond motifs is 3. The number of amidine groups is 1. The summed E-state index contributed by atoms with van der Waals surface area (Å²) in [6.45, 7) is 12.8. The number of rotatable bonds is 4. The number of carbonyl (C=O) groups is 1. The number of aliphatic imine (C=N–C) groups is 1. The van der Waals surface area contributed by atoms with E-state index in [0.717, 1.165) is 69.2 Å². The van der Waals surface area contributed by atoms with Crippen LogP contribution >= 0.6 is 39.1 Å². The zero-order valence-corrected chi connectivity index (χ0v) is 36.6. The Morgan fingerprint density at radius 2 is 1.30 bits per heavy atom. The van der Waals surface area contributed by atoms with E-state index in [9.17, 15) is 4.79 Å². The molecule has 3 aliphatic heterocycles. The smallest absolute Gasteiger partial charge is 0.220 e. The number of carbonyl (C=O) groups excluding carboxylic acids is 1. The van der Waals surface area contributed by atoms with Gasteiger partial charge in [-0.25, -0.2) is 4.98 Å². The third-order valence-corrected chi connectivity index (χ3v) is 12.4. The van der Waals surface area contributed by atoms with Crippen molar-refractivity contribution in [3.8, 4) is 0 Å². The van der Waals surface area contributed by atoms with Gasteiger partial charge in [-0.2, -0.15) is 0 Å². The van der Waals surface area contributed by atoms with Crippen molar-refractivity contribution in [3.63, 3.8) is 0 Å². The quantitative estimate of drug-likeness (QED) is 0.185. The molecule has 6 nitrogen and oxygen atoms in total. The van der Waals surface area contributed by atoms with Crippen molar-refractivity contribution in [2.24, 2.45) is 4.99 Å². The molecule has 57 heavy (non-hydrogen) atoms. The number of aryl methyl sites for hydroxylation is 7. The van der Waals surface area contributed by atoms with Crippen molar-refractivity contribution >= 4 is 67.6 Å². The number of nitrogens with zero attached hydrogens (tertiary/aromatic N) is 3. The van der Waals surface area contributed by atoms with Gasteiger partial charge in [-0.3, -0.25) is 9.79 Å². The highest BCUT2D eigenvalue weighted by Gasteiger charge is 2.28. The van der Waals surface area contributed by atoms with Gasteiger partial charge in [0.05, 0.1) is 34.8 Å². The molecule has 2 N–H and O–H groups in total. The molecular formula is C48H50BrCl2N5O. The van der Waals surface area contributed by atoms with Crippen molar-refractivity contribution in [1.82, 2.24) is 14.9 Å². The minimum absolute atomic E-state index is 0.177. The molecule has 0 radical (unpaired) electrons. The van der Waals surface area contributed by atoms with Gasteiger partial charge in [0.15, 0.2) is 0 Å². The summed E-state index contributed by atoms with van der Waals surface area (Å²) in [4.78, 5) is 20.7. The maximum Gasteiger partial charge on any atom is 0.220 e. The van der Waals surface area contributed by atoms with Crippen LogP contribution in [0.5, 0.6) is 0 Å². The van der Waals surface area contributed by atoms with Gasteiger partial charge >= 0.3 is 0 Å². The van der Waals surface area contributed by atoms with Crippen molar-refractivity contribution < 1.29 is 4.79 Å². The highest BCUT2D eigenvalue weighted by Crippen LogP contribution is 2.38. The molecule has 9 heteroatoms. The molecule has 3 atom stereocenters. The highest BCUT2D eigenvalue weighted by atomic mass is 79.9. The SMILES string of the molecule is Cc1ccc(C)c(C2CCC(=O)N2)c1.Cc1ccc(C)c(C2CCC(Nc3ccc(Cl)cc3Br)=N2)c1.Cc1ccc(C)c(C2CCc3nc4ccc(Cl)cc4n32)c1. The molecule has 0 spiro atoms. The molecule has 3 aliphatic rings. The normalized spacial score (nSPS) is 18.3. The lowest BCUT2D eigenvalue weighted by atomic mass is 9.97. The molecule has 6 aromatic rings. The highest BCUT2D eigenvalue weighted by molar-refractivity contribution is 9.10. The summed E-state index contributed by atoms with van der Waals surface area (Å²) in [6.07, 6.45) is 5.77. The fourth-order valence-corrected chi connectivity index (χ4v) is 9.16. The largest absolute Gasteiger partial charge is 0.349 e. The monoisotopic (exact) mass is 861 g/mol. The van der Waals surface area contributed by atoms with Crippen LogP contribution in [0.4, 0.5) is 5.69 Å². The number of aromatic nitrogens is 2. The number of imidazole rings is 1. The van der Waals surface area contributed by atoms with Gasteiger partial charge in [-0.05, 0) is 147 Å². The molecule has 1 aromatic heterocycles. The first-order chi connectivity index (χ1) is 27.3. The minimum atomic E-state index is 0.177. The van der Waals surface area contributed by atoms with Crippen LogP contribution in [0.3, 0.4) is 0 Å². The van der Waals surface area contributed by atoms with Crippen molar-refractivity contribution in [3.05, 3.63) is 161 Å². The van der Waals surface area contributed by atoms with Gasteiger partial charge in [0, 0.05) is 33.8 Å². The predicted octanol–water partition coefficient (Wildman–Crippen LogP) is 13.2. The first kappa shape index (κ1) is 40.8. The van der Waals surface area contributed by atoms with Crippen LogP contribution in [-0.2, 0) is 11.2 Å². The zero-order valence-electron chi connectivity index (χ0n) is 33.5. The third kappa shape index (κ3) is 9.49. The Labute approximate surface area is 355 Å². The van der Waals surface area contributed by atoms with E-state index >= 15 is 0 Å². The fraction of sp³-hybridized carbons (Fsp3) is 0.312. The second kappa shape index (κ2) is 17.6. The second-order valence-corrected chi connectivity index (χ2v) is 17.4. The maximum atomic E-state index is 11.1. The van der Waals surface area contributed by atoms with Crippen LogP contribution in [0.1, 0.15) is 106 Å². The molecular weight excluding hydrogens is 813 g/mol. The number of hydrogen-bond donors (Lipinski definition) is 2. The molecule has 1 amide bonds. The van der Waals surface area contributed by atoms with E-state index in [2.05, 4.69) is 127 Å². The molecule has 3 unspecified atom stereocenters. The van der Waals surface area contributed by atoms with Gasteiger partial charge in [0.2, 0.25) is 5.91 Å². The van der Waals surface area contributed by atoms with Crippen LogP contribution in [0.2, 0.25) is 10.0 Å². The first-order valence-corrected chi connectivity index (χ1v) is 21.3. The molecule has 294 valence electrons. The Morgan fingerprint density at radius 3 is 1.96 bits per heavy atom. The first-order valence-electron chi connectivity index (χ1n) is 19.8. The summed E-state index contributed by atoms with van der Waals surface area (Å²) in [7, 11) is 0.